The van der Waals surface area contributed by atoms with Crippen LogP contribution in [0, 0.1) is 0 Å². The lowest BCUT2D eigenvalue weighted by Crippen LogP contribution is -2.27. The molecule has 0 saturated carbocycles. The smallest absolute Gasteiger partial charge is 0.306 e. The number of rotatable bonds is 6. The number of methoxy groups -OCH3 is 1. The topological polar surface area (TPSA) is 81.7 Å². The summed E-state index contributed by atoms with van der Waals surface area (Å²) in [6.07, 6.45) is -0.182. The SMILES string of the molecule is CCONS(=O)(=O)CCC(=O)OC. The predicted molar refractivity (Wildman–Crippen MR) is 45.2 cm³/mol. The summed E-state index contributed by atoms with van der Waals surface area (Å²) in [5.41, 5.74) is 0. The Kier molecular flexibility index (Phi) is 5.60. The van der Waals surface area contributed by atoms with Crippen molar-refractivity contribution in [2.24, 2.45) is 0 Å². The lowest BCUT2D eigenvalue weighted by atomic mass is 10.5. The Morgan fingerprint density at radius 1 is 1.46 bits per heavy atom. The zero-order valence-corrected chi connectivity index (χ0v) is 8.39. The van der Waals surface area contributed by atoms with E-state index in [1.165, 1.54) is 7.11 Å². The van der Waals surface area contributed by atoms with Crippen LogP contribution in [0.15, 0.2) is 0 Å². The maximum Gasteiger partial charge on any atom is 0.306 e. The maximum absolute atomic E-state index is 11.0. The van der Waals surface area contributed by atoms with Gasteiger partial charge in [0.1, 0.15) is 0 Å². The van der Waals surface area contributed by atoms with Gasteiger partial charge >= 0.3 is 5.97 Å². The van der Waals surface area contributed by atoms with E-state index in [0.29, 0.717) is 0 Å². The van der Waals surface area contributed by atoms with Gasteiger partial charge in [-0.1, -0.05) is 4.89 Å². The predicted octanol–water partition coefficient (Wildman–Crippen LogP) is -0.580. The fourth-order valence-electron chi connectivity index (χ4n) is 0.510. The van der Waals surface area contributed by atoms with E-state index < -0.39 is 16.0 Å². The van der Waals surface area contributed by atoms with Crippen molar-refractivity contribution in [2.75, 3.05) is 19.5 Å². The van der Waals surface area contributed by atoms with Crippen LogP contribution >= 0.6 is 0 Å². The van der Waals surface area contributed by atoms with Gasteiger partial charge in [-0.25, -0.2) is 8.42 Å². The van der Waals surface area contributed by atoms with E-state index >= 15 is 0 Å². The molecule has 0 aromatic rings. The van der Waals surface area contributed by atoms with Crippen LogP contribution in [0.25, 0.3) is 0 Å². The number of sulfonamides is 1. The van der Waals surface area contributed by atoms with Crippen LogP contribution in [0.2, 0.25) is 0 Å². The molecule has 0 spiro atoms. The van der Waals surface area contributed by atoms with Crippen molar-refractivity contribution in [2.45, 2.75) is 13.3 Å². The zero-order valence-electron chi connectivity index (χ0n) is 7.57. The molecule has 1 N–H and O–H groups in total. The van der Waals surface area contributed by atoms with E-state index in [9.17, 15) is 13.2 Å². The Labute approximate surface area is 77.2 Å². The highest BCUT2D eigenvalue weighted by atomic mass is 32.2. The Bertz CT molecular complexity index is 248. The number of esters is 1. The normalized spacial score (nSPS) is 11.2. The molecule has 0 aliphatic rings. The fraction of sp³-hybridized carbons (Fsp3) is 0.833. The number of carbonyl (C=O) groups excluding carboxylic acids is 1. The molecule has 0 amide bonds. The third-order valence-corrected chi connectivity index (χ3v) is 2.25. The quantitative estimate of drug-likeness (QED) is 0.469. The van der Waals surface area contributed by atoms with Gasteiger partial charge < -0.3 is 4.74 Å². The fourth-order valence-corrected chi connectivity index (χ4v) is 1.33. The Morgan fingerprint density at radius 3 is 2.54 bits per heavy atom. The van der Waals surface area contributed by atoms with Crippen molar-refractivity contribution in [3.63, 3.8) is 0 Å². The molecule has 0 aliphatic heterocycles. The van der Waals surface area contributed by atoms with Gasteiger partial charge in [0.05, 0.1) is 25.9 Å². The van der Waals surface area contributed by atoms with Crippen molar-refractivity contribution in [3.8, 4) is 0 Å². The first-order valence-corrected chi connectivity index (χ1v) is 5.35. The van der Waals surface area contributed by atoms with Crippen molar-refractivity contribution >= 4 is 16.0 Å². The number of hydrogen-bond donors (Lipinski definition) is 1. The molecule has 6 nitrogen and oxygen atoms in total. The van der Waals surface area contributed by atoms with Gasteiger partial charge in [0.2, 0.25) is 10.0 Å². The standard InChI is InChI=1S/C6H13NO5S/c1-3-12-7-13(9,10)5-4-6(8)11-2/h7H,3-5H2,1-2H3. The molecular formula is C6H13NO5S. The van der Waals surface area contributed by atoms with Crippen LogP contribution in [0.5, 0.6) is 0 Å². The Balaban J connectivity index is 3.83. The number of nitrogens with one attached hydrogen (secondary N) is 1. The molecule has 0 bridgehead atoms. The van der Waals surface area contributed by atoms with Crippen molar-refractivity contribution in [1.29, 1.82) is 0 Å². The van der Waals surface area contributed by atoms with Gasteiger partial charge in [-0.3, -0.25) is 9.63 Å². The van der Waals surface area contributed by atoms with Crippen LogP contribution in [0.4, 0.5) is 0 Å². The Morgan fingerprint density at radius 2 is 2.08 bits per heavy atom. The summed E-state index contributed by atoms with van der Waals surface area (Å²) < 4.78 is 26.2. The van der Waals surface area contributed by atoms with E-state index in [1.54, 1.807) is 6.92 Å². The van der Waals surface area contributed by atoms with Gasteiger partial charge in [0, 0.05) is 0 Å². The summed E-state index contributed by atoms with van der Waals surface area (Å²) in [5, 5.41) is 0. The maximum atomic E-state index is 11.0. The van der Waals surface area contributed by atoms with Crippen LogP contribution in [0.1, 0.15) is 13.3 Å². The molecule has 0 unspecified atom stereocenters. The molecule has 78 valence electrons. The first-order valence-electron chi connectivity index (χ1n) is 3.70. The lowest BCUT2D eigenvalue weighted by Gasteiger charge is -2.03. The zero-order chi connectivity index (χ0) is 10.3. The molecule has 0 radical (unpaired) electrons. The molecule has 0 aliphatic carbocycles. The van der Waals surface area contributed by atoms with Crippen molar-refractivity contribution < 1.29 is 22.8 Å². The number of hydrogen-bond acceptors (Lipinski definition) is 5. The van der Waals surface area contributed by atoms with Crippen molar-refractivity contribution in [3.05, 3.63) is 0 Å². The Hall–Kier alpha value is -0.660. The van der Waals surface area contributed by atoms with Crippen LogP contribution in [-0.2, 0) is 24.4 Å². The van der Waals surface area contributed by atoms with Gasteiger partial charge in [0.15, 0.2) is 0 Å². The molecule has 0 rings (SSSR count). The number of ether oxygens (including phenoxy) is 1. The lowest BCUT2D eigenvalue weighted by molar-refractivity contribution is -0.140. The molecule has 0 heterocycles. The summed E-state index contributed by atoms with van der Waals surface area (Å²) in [6, 6.07) is 0. The van der Waals surface area contributed by atoms with Gasteiger partial charge in [-0.05, 0) is 6.92 Å². The summed E-state index contributed by atoms with van der Waals surface area (Å²) in [4.78, 5) is 16.9. The largest absolute Gasteiger partial charge is 0.469 e. The second-order valence-corrected chi connectivity index (χ2v) is 3.97. The van der Waals surface area contributed by atoms with E-state index in [4.69, 9.17) is 0 Å². The molecule has 0 saturated heterocycles. The van der Waals surface area contributed by atoms with E-state index in [2.05, 4.69) is 9.57 Å². The molecule has 0 fully saturated rings. The average molecular weight is 211 g/mol. The molecule has 13 heavy (non-hydrogen) atoms. The summed E-state index contributed by atoms with van der Waals surface area (Å²) in [7, 11) is -2.32. The van der Waals surface area contributed by atoms with Crippen LogP contribution < -0.4 is 4.89 Å². The number of carbonyl (C=O) groups is 1. The monoisotopic (exact) mass is 211 g/mol. The molecule has 7 heteroatoms. The highest BCUT2D eigenvalue weighted by Gasteiger charge is 2.12. The van der Waals surface area contributed by atoms with Gasteiger partial charge in [-0.2, -0.15) is 0 Å². The highest BCUT2D eigenvalue weighted by molar-refractivity contribution is 7.89. The summed E-state index contributed by atoms with van der Waals surface area (Å²) >= 11 is 0. The minimum atomic E-state index is -3.52. The van der Waals surface area contributed by atoms with Gasteiger partial charge in [0.25, 0.3) is 0 Å². The van der Waals surface area contributed by atoms with E-state index in [1.807, 2.05) is 4.89 Å². The molecule has 0 atom stereocenters. The summed E-state index contributed by atoms with van der Waals surface area (Å²) in [5.74, 6) is -0.901. The second-order valence-electron chi connectivity index (χ2n) is 2.16. The van der Waals surface area contributed by atoms with E-state index in [-0.39, 0.29) is 18.8 Å². The van der Waals surface area contributed by atoms with Crippen LogP contribution in [-0.4, -0.2) is 33.9 Å². The minimum absolute atomic E-state index is 0.182. The van der Waals surface area contributed by atoms with E-state index in [0.717, 1.165) is 0 Å². The third kappa shape index (κ3) is 6.50. The third-order valence-electron chi connectivity index (χ3n) is 1.13. The molecule has 0 aromatic heterocycles. The molecular weight excluding hydrogens is 198 g/mol. The average Bonchev–Trinajstić information content (AvgIpc) is 2.11. The second kappa shape index (κ2) is 5.90. The minimum Gasteiger partial charge on any atom is -0.469 e. The molecule has 0 aromatic carbocycles. The van der Waals surface area contributed by atoms with Crippen molar-refractivity contribution in [1.82, 2.24) is 4.89 Å². The van der Waals surface area contributed by atoms with Crippen LogP contribution in [0.3, 0.4) is 0 Å². The first kappa shape index (κ1) is 12.3. The van der Waals surface area contributed by atoms with Gasteiger partial charge in [-0.15, -0.1) is 0 Å². The first-order chi connectivity index (χ1) is 6.02. The highest BCUT2D eigenvalue weighted by Crippen LogP contribution is 1.91. The summed E-state index contributed by atoms with van der Waals surface area (Å²) in [6.45, 7) is 1.88.